The van der Waals surface area contributed by atoms with E-state index in [1.807, 2.05) is 37.3 Å². The summed E-state index contributed by atoms with van der Waals surface area (Å²) in [4.78, 5) is 0. The molecule has 2 nitrogen and oxygen atoms in total. The Morgan fingerprint density at radius 2 is 1.94 bits per heavy atom. The van der Waals surface area contributed by atoms with Gasteiger partial charge >= 0.3 is 0 Å². The van der Waals surface area contributed by atoms with E-state index in [1.54, 1.807) is 0 Å². The topological polar surface area (TPSA) is 18.5 Å². The second-order valence-electron chi connectivity index (χ2n) is 4.82. The molecule has 1 aromatic rings. The first kappa shape index (κ1) is 13.2. The van der Waals surface area contributed by atoms with Crippen molar-refractivity contribution in [3.05, 3.63) is 36.4 Å². The van der Waals surface area contributed by atoms with E-state index < -0.39 is 0 Å². The van der Waals surface area contributed by atoms with E-state index >= 15 is 0 Å². The molecule has 0 radical (unpaired) electrons. The van der Waals surface area contributed by atoms with Crippen molar-refractivity contribution in [1.29, 1.82) is 0 Å². The normalized spacial score (nSPS) is 18.3. The van der Waals surface area contributed by atoms with Crippen molar-refractivity contribution in [3.8, 4) is 5.75 Å². The highest BCUT2D eigenvalue weighted by Crippen LogP contribution is 2.24. The van der Waals surface area contributed by atoms with Crippen molar-refractivity contribution in [2.24, 2.45) is 0 Å². The number of benzene rings is 1. The number of hydrogen-bond donors (Lipinski definition) is 0. The summed E-state index contributed by atoms with van der Waals surface area (Å²) in [6.45, 7) is 5.76. The van der Waals surface area contributed by atoms with Gasteiger partial charge < -0.3 is 9.47 Å². The average Bonchev–Trinajstić information content (AvgIpc) is 2.40. The van der Waals surface area contributed by atoms with Gasteiger partial charge in [-0.05, 0) is 25.8 Å². The first-order chi connectivity index (χ1) is 8.79. The molecule has 1 fully saturated rings. The van der Waals surface area contributed by atoms with Crippen molar-refractivity contribution >= 4 is 6.08 Å². The maximum absolute atomic E-state index is 5.94. The van der Waals surface area contributed by atoms with Crippen LogP contribution in [0, 0.1) is 0 Å². The summed E-state index contributed by atoms with van der Waals surface area (Å²) in [5.74, 6) is 0.843. The Morgan fingerprint density at radius 1 is 1.22 bits per heavy atom. The van der Waals surface area contributed by atoms with Gasteiger partial charge in [-0.25, -0.2) is 0 Å². The van der Waals surface area contributed by atoms with E-state index in [2.05, 4.69) is 6.58 Å². The zero-order valence-corrected chi connectivity index (χ0v) is 11.1. The Kier molecular flexibility index (Phi) is 4.82. The highest BCUT2D eigenvalue weighted by Gasteiger charge is 2.17. The molecule has 0 N–H and O–H groups in total. The second-order valence-corrected chi connectivity index (χ2v) is 4.82. The lowest BCUT2D eigenvalue weighted by Gasteiger charge is -2.26. The van der Waals surface area contributed by atoms with Crippen LogP contribution in [0.2, 0.25) is 0 Å². The number of hydrogen-bond acceptors (Lipinski definition) is 2. The summed E-state index contributed by atoms with van der Waals surface area (Å²) in [5, 5.41) is 0. The van der Waals surface area contributed by atoms with Crippen molar-refractivity contribution in [3.63, 3.8) is 0 Å². The fraction of sp³-hybridized carbons (Fsp3) is 0.500. The fourth-order valence-electron chi connectivity index (χ4n) is 2.44. The van der Waals surface area contributed by atoms with Crippen LogP contribution in [0.25, 0.3) is 6.08 Å². The Hall–Kier alpha value is -1.28. The van der Waals surface area contributed by atoms with Crippen LogP contribution in [0.5, 0.6) is 5.75 Å². The summed E-state index contributed by atoms with van der Waals surface area (Å²) in [6.07, 6.45) is 8.20. The van der Waals surface area contributed by atoms with Gasteiger partial charge in [0, 0.05) is 5.56 Å². The first-order valence-electron chi connectivity index (χ1n) is 6.83. The highest BCUT2D eigenvalue weighted by atomic mass is 16.7. The molecule has 0 bridgehead atoms. The maximum atomic E-state index is 5.94. The lowest BCUT2D eigenvalue weighted by molar-refractivity contribution is -0.117. The van der Waals surface area contributed by atoms with Crippen LogP contribution in [-0.4, -0.2) is 12.4 Å². The van der Waals surface area contributed by atoms with Crippen LogP contribution in [0.3, 0.4) is 0 Å². The minimum atomic E-state index is -0.200. The van der Waals surface area contributed by atoms with Crippen LogP contribution in [-0.2, 0) is 4.74 Å². The largest absolute Gasteiger partial charge is 0.465 e. The third kappa shape index (κ3) is 3.61. The first-order valence-corrected chi connectivity index (χ1v) is 6.83. The Bertz CT molecular complexity index is 380. The molecule has 18 heavy (non-hydrogen) atoms. The third-order valence-corrected chi connectivity index (χ3v) is 3.37. The monoisotopic (exact) mass is 246 g/mol. The van der Waals surface area contributed by atoms with Crippen LogP contribution in [0.4, 0.5) is 0 Å². The molecular formula is C16H22O2. The molecule has 0 amide bonds. The Labute approximate surface area is 110 Å². The SMILES string of the molecule is C=Cc1ccccc1OC(C)OC1CCCCC1. The molecular weight excluding hydrogens is 224 g/mol. The standard InChI is InChI=1S/C16H22O2/c1-3-14-9-7-8-12-16(14)18-13(2)17-15-10-5-4-6-11-15/h3,7-9,12-13,15H,1,4-6,10-11H2,2H3. The van der Waals surface area contributed by atoms with Gasteiger partial charge in [-0.15, -0.1) is 0 Å². The molecule has 1 saturated carbocycles. The summed E-state index contributed by atoms with van der Waals surface area (Å²) in [7, 11) is 0. The van der Waals surface area contributed by atoms with E-state index in [0.717, 1.165) is 24.2 Å². The molecule has 0 spiro atoms. The van der Waals surface area contributed by atoms with Crippen LogP contribution in [0.15, 0.2) is 30.8 Å². The summed E-state index contributed by atoms with van der Waals surface area (Å²) in [6, 6.07) is 7.90. The van der Waals surface area contributed by atoms with Gasteiger partial charge in [-0.3, -0.25) is 0 Å². The Balaban J connectivity index is 1.89. The highest BCUT2D eigenvalue weighted by molar-refractivity contribution is 5.55. The molecule has 98 valence electrons. The molecule has 2 rings (SSSR count). The number of rotatable bonds is 5. The van der Waals surface area contributed by atoms with Gasteiger partial charge in [0.15, 0.2) is 6.29 Å². The van der Waals surface area contributed by atoms with Gasteiger partial charge in [0.1, 0.15) is 5.75 Å². The quantitative estimate of drug-likeness (QED) is 0.717. The van der Waals surface area contributed by atoms with Gasteiger partial charge in [0.25, 0.3) is 0 Å². The zero-order valence-electron chi connectivity index (χ0n) is 11.1. The smallest absolute Gasteiger partial charge is 0.197 e. The van der Waals surface area contributed by atoms with E-state index in [9.17, 15) is 0 Å². The van der Waals surface area contributed by atoms with E-state index in [1.165, 1.54) is 19.3 Å². The molecule has 1 aliphatic carbocycles. The van der Waals surface area contributed by atoms with Crippen molar-refractivity contribution in [1.82, 2.24) is 0 Å². The molecule has 1 unspecified atom stereocenters. The van der Waals surface area contributed by atoms with Gasteiger partial charge in [0.2, 0.25) is 0 Å². The molecule has 0 aliphatic heterocycles. The van der Waals surface area contributed by atoms with Crippen molar-refractivity contribution in [2.45, 2.75) is 51.4 Å². The van der Waals surface area contributed by atoms with Crippen molar-refractivity contribution < 1.29 is 9.47 Å². The van der Waals surface area contributed by atoms with E-state index in [0.29, 0.717) is 6.10 Å². The average molecular weight is 246 g/mol. The summed E-state index contributed by atoms with van der Waals surface area (Å²) >= 11 is 0. The third-order valence-electron chi connectivity index (χ3n) is 3.37. The van der Waals surface area contributed by atoms with E-state index in [-0.39, 0.29) is 6.29 Å². The van der Waals surface area contributed by atoms with Crippen LogP contribution < -0.4 is 4.74 Å². The molecule has 0 saturated heterocycles. The zero-order chi connectivity index (χ0) is 12.8. The minimum Gasteiger partial charge on any atom is -0.465 e. The number of para-hydroxylation sites is 1. The molecule has 2 heteroatoms. The van der Waals surface area contributed by atoms with Crippen molar-refractivity contribution in [2.75, 3.05) is 0 Å². The van der Waals surface area contributed by atoms with Gasteiger partial charge in [-0.2, -0.15) is 0 Å². The molecule has 0 aromatic heterocycles. The van der Waals surface area contributed by atoms with Crippen LogP contribution in [0.1, 0.15) is 44.6 Å². The van der Waals surface area contributed by atoms with Gasteiger partial charge in [0.05, 0.1) is 6.10 Å². The molecule has 0 heterocycles. The molecule has 1 aromatic carbocycles. The lowest BCUT2D eigenvalue weighted by atomic mass is 9.98. The van der Waals surface area contributed by atoms with E-state index in [4.69, 9.17) is 9.47 Å². The maximum Gasteiger partial charge on any atom is 0.197 e. The molecule has 1 aliphatic rings. The summed E-state index contributed by atoms with van der Waals surface area (Å²) < 4.78 is 11.8. The predicted molar refractivity (Wildman–Crippen MR) is 74.6 cm³/mol. The molecule has 1 atom stereocenters. The fourth-order valence-corrected chi connectivity index (χ4v) is 2.44. The second kappa shape index (κ2) is 6.60. The predicted octanol–water partition coefficient (Wildman–Crippen LogP) is 4.40. The Morgan fingerprint density at radius 3 is 2.67 bits per heavy atom. The summed E-state index contributed by atoms with van der Waals surface area (Å²) in [5.41, 5.74) is 1.01. The van der Waals surface area contributed by atoms with Crippen LogP contribution >= 0.6 is 0 Å². The van der Waals surface area contributed by atoms with Gasteiger partial charge in [-0.1, -0.05) is 50.1 Å². The lowest BCUT2D eigenvalue weighted by Crippen LogP contribution is -2.26. The number of ether oxygens (including phenoxy) is 2. The minimum absolute atomic E-state index is 0.200.